The molecule has 3 aliphatic heterocycles. The monoisotopic (exact) mass is 1060 g/mol. The van der Waals surface area contributed by atoms with Crippen LogP contribution in [-0.4, -0.2) is 132 Å². The molecule has 4 amide bonds. The summed E-state index contributed by atoms with van der Waals surface area (Å²) in [5.41, 5.74) is 7.52. The fraction of sp³-hybridized carbons (Fsp3) is 0.474. The standard InChI is InChI=1S/C57H68F2N10O6S/c1-36-53(76-35-62-36)38-16-14-37(15-17-38)29-61-55(73)49-28-42(70)33-68(49)56(74)54(57(2,3)4)65-50(71)12-7-5-6-8-13-51(72)67-20-18-41(19-21-67)69-32-40(30-63-69)48-31-60-47-11-9-10-43(52(47)64-48)39-26-45(58)44(46(59)27-39)34-66-22-24-75-25-23-66/h9-11,14-17,26-27,30-32,35,41-42,49,54,70H,5-8,12-13,18-25,28-29,33-34H2,1-4H3,(H,61,73)(H,65,71)/t42-,49+,54?/m1/s1. The van der Waals surface area contributed by atoms with Crippen LogP contribution in [0.5, 0.6) is 0 Å². The lowest BCUT2D eigenvalue weighted by Crippen LogP contribution is -2.57. The van der Waals surface area contributed by atoms with Crippen molar-refractivity contribution in [2.45, 2.75) is 123 Å². The van der Waals surface area contributed by atoms with Crippen molar-refractivity contribution in [1.82, 2.24) is 50.1 Å². The number of rotatable bonds is 18. The lowest BCUT2D eigenvalue weighted by molar-refractivity contribution is -0.144. The number of β-amino-alcohol motifs (C(OH)–C–C–N with tert-alkyl or cyclic N) is 1. The van der Waals surface area contributed by atoms with Gasteiger partial charge in [0.25, 0.3) is 0 Å². The molecule has 16 nitrogen and oxygen atoms in total. The molecule has 19 heteroatoms. The fourth-order valence-electron chi connectivity index (χ4n) is 10.4. The van der Waals surface area contributed by atoms with Gasteiger partial charge < -0.3 is 30.3 Å². The summed E-state index contributed by atoms with van der Waals surface area (Å²) in [4.78, 5) is 74.4. The predicted molar refractivity (Wildman–Crippen MR) is 286 cm³/mol. The molecular formula is C57H68F2N10O6S. The number of morpholine rings is 1. The third-order valence-electron chi connectivity index (χ3n) is 14.9. The van der Waals surface area contributed by atoms with Gasteiger partial charge in [-0.2, -0.15) is 5.10 Å². The summed E-state index contributed by atoms with van der Waals surface area (Å²) in [5.74, 6) is -2.12. The number of hydrogen-bond donors (Lipinski definition) is 3. The number of carbonyl (C=O) groups excluding carboxylic acids is 4. The summed E-state index contributed by atoms with van der Waals surface area (Å²) in [6.07, 6.45) is 9.52. The van der Waals surface area contributed by atoms with Crippen molar-refractivity contribution in [3.8, 4) is 32.8 Å². The highest BCUT2D eigenvalue weighted by Crippen LogP contribution is 2.33. The zero-order valence-electron chi connectivity index (χ0n) is 43.8. The molecule has 9 rings (SSSR count). The molecule has 6 heterocycles. The Hall–Kier alpha value is -6.54. The van der Waals surface area contributed by atoms with Crippen LogP contribution in [-0.2, 0) is 37.0 Å². The number of halogens is 2. The Kier molecular flexibility index (Phi) is 17.3. The molecule has 3 aromatic heterocycles. The van der Waals surface area contributed by atoms with E-state index in [1.54, 1.807) is 35.9 Å². The summed E-state index contributed by atoms with van der Waals surface area (Å²) in [6, 6.07) is 14.4. The van der Waals surface area contributed by atoms with E-state index in [0.717, 1.165) is 52.9 Å². The van der Waals surface area contributed by atoms with Crippen molar-refractivity contribution in [1.29, 1.82) is 0 Å². The Morgan fingerprint density at radius 1 is 0.882 bits per heavy atom. The number of aromatic nitrogens is 5. The van der Waals surface area contributed by atoms with Crippen LogP contribution in [0.15, 0.2) is 78.7 Å². The molecular weight excluding hydrogens is 991 g/mol. The van der Waals surface area contributed by atoms with E-state index in [1.165, 1.54) is 17.0 Å². The van der Waals surface area contributed by atoms with Crippen LogP contribution < -0.4 is 10.6 Å². The molecule has 3 saturated heterocycles. The maximum absolute atomic E-state index is 15.5. The topological polar surface area (TPSA) is 188 Å². The number of aliphatic hydroxyl groups is 1. The van der Waals surface area contributed by atoms with E-state index in [4.69, 9.17) is 9.72 Å². The first-order valence-electron chi connectivity index (χ1n) is 26.5. The third kappa shape index (κ3) is 13.0. The molecule has 3 N–H and O–H groups in total. The van der Waals surface area contributed by atoms with Gasteiger partial charge in [0.1, 0.15) is 23.7 Å². The number of fused-ring (bicyclic) bond motifs is 1. The number of aryl methyl sites for hydroxylation is 1. The first-order valence-corrected chi connectivity index (χ1v) is 27.4. The summed E-state index contributed by atoms with van der Waals surface area (Å²) >= 11 is 1.57. The van der Waals surface area contributed by atoms with Crippen molar-refractivity contribution in [2.24, 2.45) is 5.41 Å². The number of thiazole rings is 1. The highest BCUT2D eigenvalue weighted by Gasteiger charge is 2.44. The number of ether oxygens (including phenoxy) is 1. The molecule has 3 aromatic carbocycles. The van der Waals surface area contributed by atoms with Crippen LogP contribution in [0.1, 0.15) is 101 Å². The number of aliphatic hydroxyl groups excluding tert-OH is 1. The van der Waals surface area contributed by atoms with E-state index in [2.05, 4.69) is 25.7 Å². The van der Waals surface area contributed by atoms with Crippen molar-refractivity contribution in [3.05, 3.63) is 107 Å². The SMILES string of the molecule is Cc1ncsc1-c1ccc(CNC(=O)[C@@H]2C[C@@H](O)CN2C(=O)C(NC(=O)CCCCCCC(=O)N2CCC(n3cc(-c4cnc5cccc(-c6cc(F)c(CN7CCOCC7)c(F)c6)c5n4)cn3)CC2)C(C)(C)C)cc1. The van der Waals surface area contributed by atoms with E-state index in [0.29, 0.717) is 86.5 Å². The van der Waals surface area contributed by atoms with Gasteiger partial charge >= 0.3 is 0 Å². The number of amides is 4. The summed E-state index contributed by atoms with van der Waals surface area (Å²) < 4.78 is 38.2. The number of piperidine rings is 1. The highest BCUT2D eigenvalue weighted by molar-refractivity contribution is 7.13. The lowest BCUT2D eigenvalue weighted by Gasteiger charge is -2.35. The number of likely N-dealkylation sites (tertiary alicyclic amines) is 2. The van der Waals surface area contributed by atoms with Crippen molar-refractivity contribution in [2.75, 3.05) is 45.9 Å². The number of unbranched alkanes of at least 4 members (excludes halogenated alkanes) is 3. The van der Waals surface area contributed by atoms with Gasteiger partial charge in [-0.25, -0.2) is 18.7 Å². The van der Waals surface area contributed by atoms with Crippen LogP contribution in [0, 0.1) is 24.0 Å². The Morgan fingerprint density at radius 3 is 2.30 bits per heavy atom. The Balaban J connectivity index is 0.700. The second-order valence-corrected chi connectivity index (χ2v) is 22.3. The zero-order chi connectivity index (χ0) is 53.5. The summed E-state index contributed by atoms with van der Waals surface area (Å²) in [7, 11) is 0. The first kappa shape index (κ1) is 54.3. The van der Waals surface area contributed by atoms with Gasteiger partial charge in [-0.3, -0.25) is 33.7 Å². The molecule has 0 spiro atoms. The average Bonchev–Trinajstić information content (AvgIpc) is 4.22. The predicted octanol–water partition coefficient (Wildman–Crippen LogP) is 8.02. The van der Waals surface area contributed by atoms with Crippen LogP contribution in [0.25, 0.3) is 43.9 Å². The largest absolute Gasteiger partial charge is 0.391 e. The number of para-hydroxylation sites is 1. The molecule has 3 fully saturated rings. The molecule has 0 saturated carbocycles. The normalized spacial score (nSPS) is 18.0. The van der Waals surface area contributed by atoms with Gasteiger partial charge in [0.2, 0.25) is 23.6 Å². The number of nitrogens with one attached hydrogen (secondary N) is 2. The second-order valence-electron chi connectivity index (χ2n) is 21.4. The van der Waals surface area contributed by atoms with E-state index in [9.17, 15) is 24.3 Å². The minimum atomic E-state index is -0.905. The van der Waals surface area contributed by atoms with Crippen molar-refractivity contribution in [3.63, 3.8) is 0 Å². The Bertz CT molecular complexity index is 3000. The minimum absolute atomic E-state index is 0.0000462. The first-order chi connectivity index (χ1) is 36.6. The number of nitrogens with zero attached hydrogens (tertiary/aromatic N) is 8. The smallest absolute Gasteiger partial charge is 0.246 e. The molecule has 0 bridgehead atoms. The number of carbonyl (C=O) groups is 4. The van der Waals surface area contributed by atoms with Gasteiger partial charge in [0.05, 0.1) is 70.6 Å². The van der Waals surface area contributed by atoms with Gasteiger partial charge in [0, 0.05) is 88.0 Å². The molecule has 3 atom stereocenters. The Labute approximate surface area is 446 Å². The average molecular weight is 1060 g/mol. The van der Waals surface area contributed by atoms with Crippen LogP contribution in [0.4, 0.5) is 8.78 Å². The van der Waals surface area contributed by atoms with E-state index < -0.39 is 41.1 Å². The number of hydrogen-bond acceptors (Lipinski definition) is 12. The molecule has 402 valence electrons. The van der Waals surface area contributed by atoms with Crippen LogP contribution in [0.2, 0.25) is 0 Å². The number of benzene rings is 3. The van der Waals surface area contributed by atoms with Gasteiger partial charge in [0.15, 0.2) is 0 Å². The molecule has 0 radical (unpaired) electrons. The van der Waals surface area contributed by atoms with Crippen LogP contribution in [0.3, 0.4) is 0 Å². The molecule has 1 unspecified atom stereocenters. The van der Waals surface area contributed by atoms with Crippen molar-refractivity contribution < 1.29 is 37.8 Å². The summed E-state index contributed by atoms with van der Waals surface area (Å²) in [6.45, 7) is 11.5. The fourth-order valence-corrected chi connectivity index (χ4v) is 11.2. The van der Waals surface area contributed by atoms with E-state index in [-0.39, 0.29) is 61.8 Å². The van der Waals surface area contributed by atoms with Crippen molar-refractivity contribution >= 4 is 46.0 Å². The molecule has 3 aliphatic rings. The quantitative estimate of drug-likeness (QED) is 0.0708. The van der Waals surface area contributed by atoms with Crippen LogP contribution >= 0.6 is 11.3 Å². The molecule has 76 heavy (non-hydrogen) atoms. The maximum Gasteiger partial charge on any atom is 0.246 e. The van der Waals surface area contributed by atoms with Gasteiger partial charge in [-0.05, 0) is 72.9 Å². The lowest BCUT2D eigenvalue weighted by atomic mass is 9.85. The third-order valence-corrected chi connectivity index (χ3v) is 15.8. The molecule has 0 aliphatic carbocycles. The minimum Gasteiger partial charge on any atom is -0.391 e. The zero-order valence-corrected chi connectivity index (χ0v) is 44.6. The highest BCUT2D eigenvalue weighted by atomic mass is 32.1. The maximum atomic E-state index is 15.5. The second kappa shape index (κ2) is 24.2. The summed E-state index contributed by atoms with van der Waals surface area (Å²) in [5, 5.41) is 21.2. The van der Waals surface area contributed by atoms with Gasteiger partial charge in [-0.1, -0.05) is 70.0 Å². The van der Waals surface area contributed by atoms with E-state index >= 15 is 8.78 Å². The Morgan fingerprint density at radius 2 is 1.61 bits per heavy atom. The van der Waals surface area contributed by atoms with Gasteiger partial charge in [-0.15, -0.1) is 11.3 Å². The van der Waals surface area contributed by atoms with E-state index in [1.807, 2.05) is 84.2 Å². The molecule has 6 aromatic rings.